The summed E-state index contributed by atoms with van der Waals surface area (Å²) >= 11 is 0. The molecule has 3 aromatic rings. The van der Waals surface area contributed by atoms with Gasteiger partial charge in [0.25, 0.3) is 0 Å². The number of hydrogen-bond acceptors (Lipinski definition) is 3. The van der Waals surface area contributed by atoms with Crippen LogP contribution in [-0.4, -0.2) is 23.0 Å². The molecule has 3 rings (SSSR count). The Morgan fingerprint density at radius 1 is 0.906 bits per heavy atom. The molecule has 0 aliphatic rings. The first kappa shape index (κ1) is 25.6. The summed E-state index contributed by atoms with van der Waals surface area (Å²) in [5.41, 5.74) is 7.00. The molecule has 0 amide bonds. The first-order valence-corrected chi connectivity index (χ1v) is 13.1. The number of rotatable bonds is 7. The number of benzene rings is 3. The fourth-order valence-corrected chi connectivity index (χ4v) is 4.00. The molecule has 0 spiro atoms. The number of aromatic hydroxyl groups is 1. The molecule has 0 fully saturated rings. The topological polar surface area (TPSA) is 69.6 Å². The van der Waals surface area contributed by atoms with E-state index < -0.39 is 7.37 Å². The number of anilines is 1. The van der Waals surface area contributed by atoms with Gasteiger partial charge >= 0.3 is 0 Å². The van der Waals surface area contributed by atoms with Crippen molar-refractivity contribution in [1.82, 2.24) is 0 Å². The summed E-state index contributed by atoms with van der Waals surface area (Å²) < 4.78 is 24.7. The van der Waals surface area contributed by atoms with E-state index in [4.69, 9.17) is 0 Å². The Morgan fingerprint density at radius 2 is 1.47 bits per heavy atom. The second-order valence-corrected chi connectivity index (χ2v) is 10.3. The van der Waals surface area contributed by atoms with Crippen molar-refractivity contribution in [2.24, 2.45) is 0 Å². The largest absolute Gasteiger partial charge is 0.508 e. The molecule has 32 heavy (non-hydrogen) atoms. The first-order valence-electron chi connectivity index (χ1n) is 10.8. The van der Waals surface area contributed by atoms with E-state index in [0.717, 1.165) is 33.5 Å². The lowest BCUT2D eigenvalue weighted by atomic mass is 9.93. The lowest BCUT2D eigenvalue weighted by Crippen LogP contribution is -2.04. The van der Waals surface area contributed by atoms with Gasteiger partial charge in [0.2, 0.25) is 7.37 Å². The number of aryl methyl sites for hydroxylation is 2. The van der Waals surface area contributed by atoms with Crippen molar-refractivity contribution in [3.05, 3.63) is 93.8 Å². The molecule has 0 aliphatic carbocycles. The second kappa shape index (κ2) is 11.3. The maximum Gasteiger partial charge on any atom is 0.216 e. The second-order valence-electron chi connectivity index (χ2n) is 7.92. The Hall–Kier alpha value is -2.62. The van der Waals surface area contributed by atoms with Crippen LogP contribution in [0.5, 0.6) is 5.75 Å². The van der Waals surface area contributed by atoms with Crippen molar-refractivity contribution in [3.63, 3.8) is 0 Å². The highest BCUT2D eigenvalue weighted by atomic mass is 31.2. The molecule has 4 nitrogen and oxygen atoms in total. The van der Waals surface area contributed by atoms with Crippen LogP contribution in [0.25, 0.3) is 0 Å². The Bertz CT molecular complexity index is 1070. The molecular formula is C26H33FNO3P. The van der Waals surface area contributed by atoms with Crippen LogP contribution in [0.2, 0.25) is 0 Å². The number of hydrogen-bond donors (Lipinski definition) is 3. The Morgan fingerprint density at radius 3 is 2.03 bits per heavy atom. The van der Waals surface area contributed by atoms with Crippen molar-refractivity contribution >= 4 is 13.1 Å². The molecule has 0 saturated carbocycles. The van der Waals surface area contributed by atoms with Gasteiger partial charge in [-0.1, -0.05) is 38.1 Å². The summed E-state index contributed by atoms with van der Waals surface area (Å²) in [6.45, 7) is 9.39. The summed E-state index contributed by atoms with van der Waals surface area (Å²) in [7, 11) is -3.13. The van der Waals surface area contributed by atoms with Gasteiger partial charge in [0, 0.05) is 18.8 Å². The van der Waals surface area contributed by atoms with Crippen LogP contribution >= 0.6 is 7.37 Å². The molecule has 0 radical (unpaired) electrons. The number of halogens is 1. The zero-order valence-corrected chi connectivity index (χ0v) is 20.3. The molecule has 1 atom stereocenters. The predicted molar refractivity (Wildman–Crippen MR) is 132 cm³/mol. The maximum absolute atomic E-state index is 13.1. The summed E-state index contributed by atoms with van der Waals surface area (Å²) in [6.07, 6.45) is 1.27. The SMILES string of the molecule is CC.Cc1cc(NCP(C)(=O)O)cc(C)c1Cc1ccc(O)c(Cc2ccc(F)cc2)c1. The number of phenols is 1. The monoisotopic (exact) mass is 457 g/mol. The van der Waals surface area contributed by atoms with Crippen molar-refractivity contribution in [1.29, 1.82) is 0 Å². The normalized spacial score (nSPS) is 12.5. The Labute approximate surface area is 190 Å². The van der Waals surface area contributed by atoms with Gasteiger partial charge in [-0.15, -0.1) is 0 Å². The predicted octanol–water partition coefficient (Wildman–Crippen LogP) is 6.63. The smallest absolute Gasteiger partial charge is 0.216 e. The highest BCUT2D eigenvalue weighted by molar-refractivity contribution is 7.57. The number of nitrogens with one attached hydrogen (secondary N) is 1. The molecule has 0 heterocycles. The summed E-state index contributed by atoms with van der Waals surface area (Å²) in [5.74, 6) is -0.0505. The molecule has 6 heteroatoms. The highest BCUT2D eigenvalue weighted by Crippen LogP contribution is 2.35. The van der Waals surface area contributed by atoms with Gasteiger partial charge in [-0.25, -0.2) is 4.39 Å². The third kappa shape index (κ3) is 7.51. The van der Waals surface area contributed by atoms with Crippen molar-refractivity contribution < 1.29 is 19.0 Å². The lowest BCUT2D eigenvalue weighted by Gasteiger charge is -2.16. The first-order chi connectivity index (χ1) is 15.1. The molecule has 0 bridgehead atoms. The third-order valence-corrected chi connectivity index (χ3v) is 5.85. The van der Waals surface area contributed by atoms with Gasteiger partial charge < -0.3 is 15.3 Å². The minimum absolute atomic E-state index is 0.0376. The summed E-state index contributed by atoms with van der Waals surface area (Å²) in [6, 6.07) is 15.9. The molecular weight excluding hydrogens is 424 g/mol. The zero-order valence-electron chi connectivity index (χ0n) is 19.4. The van der Waals surface area contributed by atoms with E-state index in [1.54, 1.807) is 18.2 Å². The molecule has 172 valence electrons. The lowest BCUT2D eigenvalue weighted by molar-refractivity contribution is 0.469. The Balaban J connectivity index is 0.00000176. The zero-order chi connectivity index (χ0) is 23.9. The minimum Gasteiger partial charge on any atom is -0.508 e. The van der Waals surface area contributed by atoms with Gasteiger partial charge in [0.05, 0.1) is 6.29 Å². The number of phenolic OH excluding ortho intramolecular Hbond substituents is 1. The Kier molecular flexibility index (Phi) is 9.06. The van der Waals surface area contributed by atoms with E-state index >= 15 is 0 Å². The summed E-state index contributed by atoms with van der Waals surface area (Å²) in [4.78, 5) is 9.49. The van der Waals surface area contributed by atoms with E-state index in [-0.39, 0.29) is 17.9 Å². The quantitative estimate of drug-likeness (QED) is 0.349. The summed E-state index contributed by atoms with van der Waals surface area (Å²) in [5, 5.41) is 13.3. The van der Waals surface area contributed by atoms with Crippen molar-refractivity contribution in [3.8, 4) is 5.75 Å². The molecule has 1 unspecified atom stereocenters. The maximum atomic E-state index is 13.1. The van der Waals surface area contributed by atoms with Gasteiger partial charge in [0.15, 0.2) is 0 Å². The molecule has 0 aliphatic heterocycles. The van der Waals surface area contributed by atoms with Crippen molar-refractivity contribution in [2.75, 3.05) is 18.3 Å². The fourth-order valence-electron chi connectivity index (χ4n) is 3.53. The third-order valence-electron chi connectivity index (χ3n) is 5.11. The standard InChI is InChI=1S/C24H27FNO3P.C2H6/c1-16-10-22(26-15-30(3,28)29)11-17(2)23(16)14-19-6-9-24(27)20(13-19)12-18-4-7-21(25)8-5-18;1-2/h4-11,13,26-27H,12,14-15H2,1-3H3,(H,28,29);1-2H3. The minimum atomic E-state index is -3.13. The molecule has 3 aromatic carbocycles. The van der Waals surface area contributed by atoms with Crippen LogP contribution < -0.4 is 5.32 Å². The average Bonchev–Trinajstić information content (AvgIpc) is 2.74. The van der Waals surface area contributed by atoms with E-state index in [9.17, 15) is 19.0 Å². The van der Waals surface area contributed by atoms with E-state index in [1.807, 2.05) is 52.0 Å². The van der Waals surface area contributed by atoms with Gasteiger partial charge in [-0.2, -0.15) is 0 Å². The van der Waals surface area contributed by atoms with Gasteiger partial charge in [0.1, 0.15) is 11.6 Å². The highest BCUT2D eigenvalue weighted by Gasteiger charge is 2.12. The van der Waals surface area contributed by atoms with Crippen LogP contribution in [0.3, 0.4) is 0 Å². The van der Waals surface area contributed by atoms with Crippen LogP contribution in [0, 0.1) is 19.7 Å². The van der Waals surface area contributed by atoms with Crippen molar-refractivity contribution in [2.45, 2.75) is 40.5 Å². The van der Waals surface area contributed by atoms with E-state index in [0.29, 0.717) is 12.8 Å². The molecule has 0 saturated heterocycles. The van der Waals surface area contributed by atoms with E-state index in [2.05, 4.69) is 5.32 Å². The van der Waals surface area contributed by atoms with Crippen LogP contribution in [-0.2, 0) is 17.4 Å². The molecule has 3 N–H and O–H groups in total. The molecule has 0 aromatic heterocycles. The fraction of sp³-hybridized carbons (Fsp3) is 0.308. The average molecular weight is 458 g/mol. The van der Waals surface area contributed by atoms with Crippen LogP contribution in [0.1, 0.15) is 47.2 Å². The van der Waals surface area contributed by atoms with Gasteiger partial charge in [-0.3, -0.25) is 4.57 Å². The van der Waals surface area contributed by atoms with Gasteiger partial charge in [-0.05, 0) is 84.0 Å². The van der Waals surface area contributed by atoms with E-state index in [1.165, 1.54) is 24.4 Å². The van der Waals surface area contributed by atoms with Crippen LogP contribution in [0.4, 0.5) is 10.1 Å². The van der Waals surface area contributed by atoms with Crippen LogP contribution in [0.15, 0.2) is 54.6 Å².